The first kappa shape index (κ1) is 17.2. The van der Waals surface area contributed by atoms with E-state index in [1.54, 1.807) is 17.0 Å². The molecular formula is C20H21BrFNO. The molecule has 0 atom stereocenters. The van der Waals surface area contributed by atoms with Gasteiger partial charge in [0, 0.05) is 16.1 Å². The number of carbonyl (C=O) groups excluding carboxylic acids is 1. The third-order valence-electron chi connectivity index (χ3n) is 4.61. The van der Waals surface area contributed by atoms with E-state index in [1.807, 2.05) is 24.3 Å². The van der Waals surface area contributed by atoms with Gasteiger partial charge in [-0.1, -0.05) is 47.3 Å². The van der Waals surface area contributed by atoms with Crippen molar-refractivity contribution in [1.82, 2.24) is 0 Å². The van der Waals surface area contributed by atoms with Crippen LogP contribution >= 0.6 is 15.9 Å². The second kappa shape index (κ2) is 7.93. The van der Waals surface area contributed by atoms with E-state index in [0.717, 1.165) is 41.4 Å². The lowest BCUT2D eigenvalue weighted by atomic mass is 9.88. The summed E-state index contributed by atoms with van der Waals surface area (Å²) in [7, 11) is 0. The highest BCUT2D eigenvalue weighted by molar-refractivity contribution is 9.10. The van der Waals surface area contributed by atoms with Gasteiger partial charge in [-0.05, 0) is 54.8 Å². The molecule has 0 aromatic heterocycles. The summed E-state index contributed by atoms with van der Waals surface area (Å²) in [4.78, 5) is 14.9. The first-order valence-corrected chi connectivity index (χ1v) is 9.24. The second-order valence-electron chi connectivity index (χ2n) is 6.36. The minimum Gasteiger partial charge on any atom is -0.308 e. The van der Waals surface area contributed by atoms with Gasteiger partial charge < -0.3 is 4.90 Å². The third-order valence-corrected chi connectivity index (χ3v) is 5.14. The zero-order valence-corrected chi connectivity index (χ0v) is 15.1. The SMILES string of the molecule is O=C(C1CCCCC1)N(Cc1ccc(Br)cc1)c1ccc(F)cc1. The molecule has 24 heavy (non-hydrogen) atoms. The fraction of sp³-hybridized carbons (Fsp3) is 0.350. The standard InChI is InChI=1S/C20H21BrFNO/c21-17-8-6-15(7-9-17)14-23(19-12-10-18(22)11-13-19)20(24)16-4-2-1-3-5-16/h6-13,16H,1-5,14H2. The Labute approximate surface area is 150 Å². The highest BCUT2D eigenvalue weighted by Crippen LogP contribution is 2.29. The summed E-state index contributed by atoms with van der Waals surface area (Å²) >= 11 is 3.43. The zero-order chi connectivity index (χ0) is 16.9. The minimum atomic E-state index is -0.285. The van der Waals surface area contributed by atoms with Gasteiger partial charge in [0.05, 0.1) is 6.54 Å². The Kier molecular flexibility index (Phi) is 5.67. The highest BCUT2D eigenvalue weighted by atomic mass is 79.9. The fourth-order valence-electron chi connectivity index (χ4n) is 3.26. The number of hydrogen-bond donors (Lipinski definition) is 0. The lowest BCUT2D eigenvalue weighted by molar-refractivity contribution is -0.123. The molecule has 0 heterocycles. The number of anilines is 1. The van der Waals surface area contributed by atoms with E-state index >= 15 is 0 Å². The van der Waals surface area contributed by atoms with Crippen molar-refractivity contribution >= 4 is 27.5 Å². The summed E-state index contributed by atoms with van der Waals surface area (Å²) in [5.74, 6) is -0.0454. The summed E-state index contributed by atoms with van der Waals surface area (Å²) in [5.41, 5.74) is 1.82. The summed E-state index contributed by atoms with van der Waals surface area (Å²) < 4.78 is 14.3. The van der Waals surface area contributed by atoms with Crippen LogP contribution in [0.5, 0.6) is 0 Å². The van der Waals surface area contributed by atoms with Gasteiger partial charge in [-0.25, -0.2) is 4.39 Å². The Bertz CT molecular complexity index is 678. The predicted octanol–water partition coefficient (Wildman–Crippen LogP) is 5.70. The van der Waals surface area contributed by atoms with E-state index in [1.165, 1.54) is 18.6 Å². The average molecular weight is 390 g/mol. The van der Waals surface area contributed by atoms with Crippen LogP contribution in [0.3, 0.4) is 0 Å². The molecule has 0 spiro atoms. The normalized spacial score (nSPS) is 15.2. The molecule has 2 nitrogen and oxygen atoms in total. The van der Waals surface area contributed by atoms with Crippen molar-refractivity contribution in [3.05, 3.63) is 64.4 Å². The molecule has 3 rings (SSSR count). The molecule has 1 fully saturated rings. The van der Waals surface area contributed by atoms with Crippen LogP contribution in [0.25, 0.3) is 0 Å². The quantitative estimate of drug-likeness (QED) is 0.656. The molecule has 2 aromatic rings. The van der Waals surface area contributed by atoms with Gasteiger partial charge in [-0.15, -0.1) is 0 Å². The number of nitrogens with zero attached hydrogens (tertiary/aromatic N) is 1. The maximum atomic E-state index is 13.3. The molecule has 1 aliphatic carbocycles. The predicted molar refractivity (Wildman–Crippen MR) is 98.3 cm³/mol. The molecule has 0 unspecified atom stereocenters. The highest BCUT2D eigenvalue weighted by Gasteiger charge is 2.27. The maximum Gasteiger partial charge on any atom is 0.230 e. The van der Waals surface area contributed by atoms with Crippen LogP contribution in [0.1, 0.15) is 37.7 Å². The Morgan fingerprint density at radius 2 is 1.62 bits per heavy atom. The topological polar surface area (TPSA) is 20.3 Å². The molecule has 1 amide bonds. The average Bonchev–Trinajstić information content (AvgIpc) is 2.62. The Balaban J connectivity index is 1.86. The van der Waals surface area contributed by atoms with Crippen molar-refractivity contribution in [2.45, 2.75) is 38.6 Å². The van der Waals surface area contributed by atoms with Gasteiger partial charge in [-0.3, -0.25) is 4.79 Å². The maximum absolute atomic E-state index is 13.3. The van der Waals surface area contributed by atoms with Crippen LogP contribution in [0.2, 0.25) is 0 Å². The van der Waals surface area contributed by atoms with Crippen LogP contribution in [-0.4, -0.2) is 5.91 Å². The lowest BCUT2D eigenvalue weighted by Gasteiger charge is -2.29. The number of rotatable bonds is 4. The molecule has 4 heteroatoms. The molecular weight excluding hydrogens is 369 g/mol. The Morgan fingerprint density at radius 1 is 1.00 bits per heavy atom. The van der Waals surface area contributed by atoms with Crippen molar-refractivity contribution in [2.24, 2.45) is 5.92 Å². The van der Waals surface area contributed by atoms with Crippen molar-refractivity contribution in [1.29, 1.82) is 0 Å². The number of amides is 1. The van der Waals surface area contributed by atoms with Gasteiger partial charge >= 0.3 is 0 Å². The summed E-state index contributed by atoms with van der Waals surface area (Å²) in [6.45, 7) is 0.508. The van der Waals surface area contributed by atoms with E-state index in [4.69, 9.17) is 0 Å². The van der Waals surface area contributed by atoms with Crippen LogP contribution in [0, 0.1) is 11.7 Å². The molecule has 126 valence electrons. The third kappa shape index (κ3) is 4.23. The summed E-state index contributed by atoms with van der Waals surface area (Å²) in [5, 5.41) is 0. The number of hydrogen-bond acceptors (Lipinski definition) is 1. The second-order valence-corrected chi connectivity index (χ2v) is 7.28. The molecule has 1 aliphatic rings. The van der Waals surface area contributed by atoms with Crippen LogP contribution < -0.4 is 4.90 Å². The van der Waals surface area contributed by atoms with Crippen molar-refractivity contribution in [3.63, 3.8) is 0 Å². The first-order valence-electron chi connectivity index (χ1n) is 8.45. The zero-order valence-electron chi connectivity index (χ0n) is 13.6. The van der Waals surface area contributed by atoms with E-state index < -0.39 is 0 Å². The van der Waals surface area contributed by atoms with Gasteiger partial charge in [0.2, 0.25) is 5.91 Å². The van der Waals surface area contributed by atoms with E-state index in [9.17, 15) is 9.18 Å². The smallest absolute Gasteiger partial charge is 0.230 e. The van der Waals surface area contributed by atoms with E-state index in [2.05, 4.69) is 15.9 Å². The van der Waals surface area contributed by atoms with Crippen molar-refractivity contribution in [2.75, 3.05) is 4.90 Å². The number of benzene rings is 2. The lowest BCUT2D eigenvalue weighted by Crippen LogP contribution is -2.36. The van der Waals surface area contributed by atoms with Crippen LogP contribution in [0.15, 0.2) is 53.0 Å². The fourth-order valence-corrected chi connectivity index (χ4v) is 3.52. The Hall–Kier alpha value is -1.68. The molecule has 0 radical (unpaired) electrons. The first-order chi connectivity index (χ1) is 11.6. The largest absolute Gasteiger partial charge is 0.308 e. The van der Waals surface area contributed by atoms with Crippen LogP contribution in [-0.2, 0) is 11.3 Å². The molecule has 2 aromatic carbocycles. The van der Waals surface area contributed by atoms with E-state index in [0.29, 0.717) is 6.54 Å². The molecule has 0 aliphatic heterocycles. The van der Waals surface area contributed by atoms with Crippen molar-refractivity contribution in [3.8, 4) is 0 Å². The summed E-state index contributed by atoms with van der Waals surface area (Å²) in [6, 6.07) is 14.2. The molecule has 1 saturated carbocycles. The van der Waals surface area contributed by atoms with Crippen molar-refractivity contribution < 1.29 is 9.18 Å². The summed E-state index contributed by atoms with van der Waals surface area (Å²) in [6.07, 6.45) is 5.36. The number of carbonyl (C=O) groups is 1. The van der Waals surface area contributed by atoms with Gasteiger partial charge in [0.1, 0.15) is 5.82 Å². The minimum absolute atomic E-state index is 0.0826. The van der Waals surface area contributed by atoms with Gasteiger partial charge in [-0.2, -0.15) is 0 Å². The van der Waals surface area contributed by atoms with E-state index in [-0.39, 0.29) is 17.6 Å². The monoisotopic (exact) mass is 389 g/mol. The molecule has 0 bridgehead atoms. The van der Waals surface area contributed by atoms with Gasteiger partial charge in [0.25, 0.3) is 0 Å². The molecule has 0 N–H and O–H groups in total. The van der Waals surface area contributed by atoms with Gasteiger partial charge in [0.15, 0.2) is 0 Å². The molecule has 0 saturated heterocycles. The van der Waals surface area contributed by atoms with Crippen LogP contribution in [0.4, 0.5) is 10.1 Å². The number of halogens is 2. The Morgan fingerprint density at radius 3 is 2.25 bits per heavy atom.